The molecule has 6 nitrogen and oxygen atoms in total. The van der Waals surface area contributed by atoms with E-state index in [0.717, 1.165) is 5.56 Å². The second-order valence-corrected chi connectivity index (χ2v) is 7.96. The molecule has 1 saturated heterocycles. The lowest BCUT2D eigenvalue weighted by Crippen LogP contribution is -2.62. The van der Waals surface area contributed by atoms with E-state index in [0.29, 0.717) is 0 Å². The Morgan fingerprint density at radius 1 is 1.18 bits per heavy atom. The molecule has 1 aromatic carbocycles. The molecule has 2 atom stereocenters. The van der Waals surface area contributed by atoms with Crippen LogP contribution >= 0.6 is 0 Å². The normalized spacial score (nSPS) is 20.9. The van der Waals surface area contributed by atoms with Gasteiger partial charge in [-0.2, -0.15) is 0 Å². The van der Waals surface area contributed by atoms with Crippen molar-refractivity contribution in [2.45, 2.75) is 58.4 Å². The van der Waals surface area contributed by atoms with E-state index >= 15 is 0 Å². The molecule has 0 saturated carbocycles. The Morgan fingerprint density at radius 2 is 1.82 bits per heavy atom. The van der Waals surface area contributed by atoms with Crippen LogP contribution in [-0.4, -0.2) is 65.6 Å². The molecule has 156 valence electrons. The summed E-state index contributed by atoms with van der Waals surface area (Å²) in [5, 5.41) is 0. The van der Waals surface area contributed by atoms with Crippen LogP contribution in [0.5, 0.6) is 0 Å². The van der Waals surface area contributed by atoms with Crippen LogP contribution in [0.25, 0.3) is 0 Å². The van der Waals surface area contributed by atoms with Gasteiger partial charge in [-0.3, -0.25) is 9.69 Å². The number of halogens is 2. The molecular formula is C20H28F2N2O4. The number of piperazine rings is 1. The number of amides is 1. The minimum absolute atomic E-state index is 0.0897. The lowest BCUT2D eigenvalue weighted by molar-refractivity contribution is -0.149. The molecule has 0 bridgehead atoms. The van der Waals surface area contributed by atoms with Crippen LogP contribution in [0.4, 0.5) is 13.6 Å². The third-order valence-electron chi connectivity index (χ3n) is 4.38. The van der Waals surface area contributed by atoms with E-state index in [1.807, 2.05) is 30.3 Å². The number of alkyl halides is 2. The minimum atomic E-state index is -2.71. The molecule has 1 amide bonds. The average molecular weight is 398 g/mol. The highest BCUT2D eigenvalue weighted by Crippen LogP contribution is 2.22. The van der Waals surface area contributed by atoms with Crippen molar-refractivity contribution >= 4 is 12.1 Å². The van der Waals surface area contributed by atoms with Crippen molar-refractivity contribution in [1.82, 2.24) is 9.80 Å². The predicted octanol–water partition coefficient (Wildman–Crippen LogP) is 3.30. The van der Waals surface area contributed by atoms with Crippen molar-refractivity contribution in [2.75, 3.05) is 19.6 Å². The average Bonchev–Trinajstić information content (AvgIpc) is 2.59. The van der Waals surface area contributed by atoms with E-state index in [2.05, 4.69) is 0 Å². The van der Waals surface area contributed by atoms with E-state index in [1.54, 1.807) is 27.7 Å². The monoisotopic (exact) mass is 398 g/mol. The van der Waals surface area contributed by atoms with Crippen LogP contribution in [0.2, 0.25) is 0 Å². The lowest BCUT2D eigenvalue weighted by atomic mass is 10.1. The molecule has 1 aromatic rings. The predicted molar refractivity (Wildman–Crippen MR) is 100 cm³/mol. The van der Waals surface area contributed by atoms with Gasteiger partial charge >= 0.3 is 12.1 Å². The first kappa shape index (κ1) is 22.1. The van der Waals surface area contributed by atoms with Gasteiger partial charge in [-0.1, -0.05) is 30.3 Å². The third kappa shape index (κ3) is 6.44. The Bertz CT molecular complexity index is 664. The topological polar surface area (TPSA) is 59.1 Å². The van der Waals surface area contributed by atoms with Crippen molar-refractivity contribution in [1.29, 1.82) is 0 Å². The number of carbonyl (C=O) groups is 2. The number of hydrogen-bond donors (Lipinski definition) is 0. The van der Waals surface area contributed by atoms with Gasteiger partial charge in [0.15, 0.2) is 0 Å². The van der Waals surface area contributed by atoms with E-state index in [4.69, 9.17) is 9.47 Å². The van der Waals surface area contributed by atoms with Gasteiger partial charge in [-0.05, 0) is 33.3 Å². The Hall–Kier alpha value is -2.22. The molecule has 2 rings (SSSR count). The van der Waals surface area contributed by atoms with Crippen molar-refractivity contribution in [3.8, 4) is 0 Å². The maximum absolute atomic E-state index is 13.6. The molecule has 0 radical (unpaired) electrons. The highest BCUT2D eigenvalue weighted by molar-refractivity contribution is 5.72. The summed E-state index contributed by atoms with van der Waals surface area (Å²) >= 11 is 0. The van der Waals surface area contributed by atoms with Crippen LogP contribution in [0.3, 0.4) is 0 Å². The van der Waals surface area contributed by atoms with Crippen LogP contribution in [-0.2, 0) is 20.9 Å². The van der Waals surface area contributed by atoms with Gasteiger partial charge in [0, 0.05) is 19.1 Å². The molecular weight excluding hydrogens is 370 g/mol. The highest BCUT2D eigenvalue weighted by atomic mass is 19.3. The number of rotatable bonds is 5. The number of hydrogen-bond acceptors (Lipinski definition) is 5. The summed E-state index contributed by atoms with van der Waals surface area (Å²) < 4.78 is 37.7. The van der Waals surface area contributed by atoms with Crippen molar-refractivity contribution in [3.05, 3.63) is 35.9 Å². The molecule has 2 unspecified atom stereocenters. The Kier molecular flexibility index (Phi) is 7.35. The minimum Gasteiger partial charge on any atom is -0.460 e. The number of nitrogens with zero attached hydrogens (tertiary/aromatic N) is 2. The van der Waals surface area contributed by atoms with Gasteiger partial charge < -0.3 is 14.4 Å². The quantitative estimate of drug-likeness (QED) is 0.713. The molecule has 28 heavy (non-hydrogen) atoms. The zero-order chi connectivity index (χ0) is 20.9. The van der Waals surface area contributed by atoms with E-state index in [9.17, 15) is 18.4 Å². The molecule has 0 N–H and O–H groups in total. The summed E-state index contributed by atoms with van der Waals surface area (Å²) in [5.74, 6) is -0.576. The first-order valence-electron chi connectivity index (χ1n) is 9.28. The van der Waals surface area contributed by atoms with E-state index in [-0.39, 0.29) is 32.3 Å². The summed E-state index contributed by atoms with van der Waals surface area (Å²) in [5.41, 5.74) is 0.111. The highest BCUT2D eigenvalue weighted by Gasteiger charge is 2.41. The fraction of sp³-hybridized carbons (Fsp3) is 0.600. The third-order valence-corrected chi connectivity index (χ3v) is 4.38. The van der Waals surface area contributed by atoms with E-state index < -0.39 is 30.1 Å². The second kappa shape index (κ2) is 9.32. The molecule has 1 heterocycles. The van der Waals surface area contributed by atoms with Gasteiger partial charge in [-0.25, -0.2) is 13.6 Å². The largest absolute Gasteiger partial charge is 0.460 e. The first-order valence-corrected chi connectivity index (χ1v) is 9.28. The smallest absolute Gasteiger partial charge is 0.410 e. The maximum atomic E-state index is 13.6. The van der Waals surface area contributed by atoms with Crippen molar-refractivity contribution in [3.63, 3.8) is 0 Å². The summed E-state index contributed by atoms with van der Waals surface area (Å²) in [4.78, 5) is 27.2. The van der Waals surface area contributed by atoms with Crippen LogP contribution in [0.1, 0.15) is 33.3 Å². The first-order chi connectivity index (χ1) is 13.1. The zero-order valence-electron chi connectivity index (χ0n) is 16.7. The van der Waals surface area contributed by atoms with Crippen LogP contribution in [0, 0.1) is 0 Å². The van der Waals surface area contributed by atoms with E-state index in [1.165, 1.54) is 9.80 Å². The van der Waals surface area contributed by atoms with Gasteiger partial charge in [-0.15, -0.1) is 0 Å². The van der Waals surface area contributed by atoms with Gasteiger partial charge in [0.1, 0.15) is 12.2 Å². The van der Waals surface area contributed by atoms with Gasteiger partial charge in [0.2, 0.25) is 0 Å². The maximum Gasteiger partial charge on any atom is 0.410 e. The fourth-order valence-corrected chi connectivity index (χ4v) is 3.02. The Morgan fingerprint density at radius 3 is 2.39 bits per heavy atom. The fourth-order valence-electron chi connectivity index (χ4n) is 3.02. The Labute approximate surface area is 164 Å². The lowest BCUT2D eigenvalue weighted by Gasteiger charge is -2.44. The molecule has 0 aliphatic carbocycles. The molecule has 1 aliphatic heterocycles. The SMILES string of the molecule is CC1CN(CC(=O)OCc2ccccc2)C(C(F)F)CN1C(=O)OC(C)(C)C. The molecule has 1 fully saturated rings. The van der Waals surface area contributed by atoms with Gasteiger partial charge in [0.25, 0.3) is 6.43 Å². The summed E-state index contributed by atoms with van der Waals surface area (Å²) in [6.07, 6.45) is -3.34. The van der Waals surface area contributed by atoms with Crippen LogP contribution < -0.4 is 0 Å². The second-order valence-electron chi connectivity index (χ2n) is 7.96. The molecule has 1 aliphatic rings. The van der Waals surface area contributed by atoms with Crippen molar-refractivity contribution in [2.24, 2.45) is 0 Å². The number of ether oxygens (including phenoxy) is 2. The molecule has 0 spiro atoms. The standard InChI is InChI=1S/C20H28F2N2O4/c1-14-10-23(12-17(25)27-13-15-8-6-5-7-9-15)16(18(21)22)11-24(14)19(26)28-20(2,3)4/h5-9,14,16,18H,10-13H2,1-4H3. The summed E-state index contributed by atoms with van der Waals surface area (Å²) in [6, 6.07) is 7.51. The van der Waals surface area contributed by atoms with Crippen molar-refractivity contribution < 1.29 is 27.8 Å². The number of benzene rings is 1. The summed E-state index contributed by atoms with van der Waals surface area (Å²) in [7, 11) is 0. The van der Waals surface area contributed by atoms with Gasteiger partial charge in [0.05, 0.1) is 12.6 Å². The molecule has 0 aromatic heterocycles. The molecule has 8 heteroatoms. The summed E-state index contributed by atoms with van der Waals surface area (Å²) in [6.45, 7) is 6.67. The Balaban J connectivity index is 1.97. The van der Waals surface area contributed by atoms with Crippen LogP contribution in [0.15, 0.2) is 30.3 Å². The number of esters is 1. The zero-order valence-corrected chi connectivity index (χ0v) is 16.7. The number of carbonyl (C=O) groups excluding carboxylic acids is 2.